The molecule has 1 saturated heterocycles. The maximum Gasteiger partial charge on any atom is 0.338 e. The Morgan fingerprint density at radius 1 is 0.884 bits per heavy atom. The van der Waals surface area contributed by atoms with Gasteiger partial charge in [-0.3, -0.25) is 10.2 Å². The van der Waals surface area contributed by atoms with Crippen LogP contribution in [0.1, 0.15) is 101 Å². The average Bonchev–Trinajstić information content (AvgIpc) is 3.30. The van der Waals surface area contributed by atoms with Gasteiger partial charge in [-0.15, -0.1) is 0 Å². The molecule has 1 heterocycles. The number of aliphatic imine (C=N–C) groups is 1. The standard InChI is InChI=1S/C31H40Cl3N3O5S/c1-3-4-5-6-7-8-9-10-11-12-13-14-17-42-31(39)22-18-25(33)30(26(34)19-22)37-29(38)21-28(36-37)35-27-16-15-23(20-24(27)32)43(2,40)41/h15-16,18-20H,3-14,17,21H2,1-2H3,(H,35,36). The van der Waals surface area contributed by atoms with E-state index in [2.05, 4.69) is 17.3 Å². The van der Waals surface area contributed by atoms with Crippen LogP contribution in [0.3, 0.4) is 0 Å². The van der Waals surface area contributed by atoms with Crippen LogP contribution in [0.25, 0.3) is 0 Å². The van der Waals surface area contributed by atoms with Gasteiger partial charge in [-0.2, -0.15) is 0 Å². The third kappa shape index (κ3) is 11.0. The second kappa shape index (κ2) is 17.2. The topological polar surface area (TPSA) is 105 Å². The summed E-state index contributed by atoms with van der Waals surface area (Å²) in [6.45, 7) is 2.55. The summed E-state index contributed by atoms with van der Waals surface area (Å²) in [5.74, 6) is -0.653. The molecule has 43 heavy (non-hydrogen) atoms. The number of nitrogens with one attached hydrogen (secondary N) is 1. The summed E-state index contributed by atoms with van der Waals surface area (Å²) in [5.41, 5.74) is 3.51. The van der Waals surface area contributed by atoms with Gasteiger partial charge in [-0.25, -0.2) is 23.2 Å². The van der Waals surface area contributed by atoms with Crippen molar-refractivity contribution in [1.29, 1.82) is 0 Å². The van der Waals surface area contributed by atoms with E-state index in [1.807, 2.05) is 0 Å². The molecule has 0 atom stereocenters. The maximum atomic E-state index is 12.8. The Morgan fingerprint density at radius 3 is 1.98 bits per heavy atom. The lowest BCUT2D eigenvalue weighted by atomic mass is 10.1. The largest absolute Gasteiger partial charge is 0.462 e. The van der Waals surface area contributed by atoms with Gasteiger partial charge in [0.25, 0.3) is 5.91 Å². The molecular weight excluding hydrogens is 633 g/mol. The highest BCUT2D eigenvalue weighted by Crippen LogP contribution is 2.37. The summed E-state index contributed by atoms with van der Waals surface area (Å²) in [6.07, 6.45) is 15.6. The molecule has 1 fully saturated rings. The van der Waals surface area contributed by atoms with Crippen LogP contribution in [-0.2, 0) is 19.4 Å². The summed E-state index contributed by atoms with van der Waals surface area (Å²) in [5, 5.41) is 1.44. The van der Waals surface area contributed by atoms with Gasteiger partial charge < -0.3 is 4.74 Å². The maximum absolute atomic E-state index is 12.8. The van der Waals surface area contributed by atoms with Crippen molar-refractivity contribution in [3.63, 3.8) is 0 Å². The molecule has 1 aliphatic rings. The first-order valence-corrected chi connectivity index (χ1v) is 17.9. The molecule has 1 aliphatic heterocycles. The summed E-state index contributed by atoms with van der Waals surface area (Å²) in [6, 6.07) is 6.97. The molecule has 0 aromatic heterocycles. The molecule has 0 saturated carbocycles. The third-order valence-corrected chi connectivity index (χ3v) is 9.11. The molecule has 8 nitrogen and oxygen atoms in total. The molecule has 3 rings (SSSR count). The molecule has 0 radical (unpaired) electrons. The van der Waals surface area contributed by atoms with E-state index in [1.54, 1.807) is 0 Å². The van der Waals surface area contributed by atoms with Crippen LogP contribution in [0.15, 0.2) is 40.2 Å². The summed E-state index contributed by atoms with van der Waals surface area (Å²) in [4.78, 5) is 29.8. The number of hydrogen-bond donors (Lipinski definition) is 1. The predicted molar refractivity (Wildman–Crippen MR) is 175 cm³/mol. The van der Waals surface area contributed by atoms with E-state index < -0.39 is 15.8 Å². The zero-order chi connectivity index (χ0) is 31.4. The lowest BCUT2D eigenvalue weighted by molar-refractivity contribution is -0.116. The van der Waals surface area contributed by atoms with Crippen LogP contribution < -0.4 is 10.4 Å². The number of carbonyl (C=O) groups is 2. The van der Waals surface area contributed by atoms with E-state index in [-0.39, 0.29) is 55.1 Å². The number of benzene rings is 2. The zero-order valence-corrected chi connectivity index (χ0v) is 27.8. The van der Waals surface area contributed by atoms with Gasteiger partial charge in [0.2, 0.25) is 0 Å². The Balaban J connectivity index is 1.47. The highest BCUT2D eigenvalue weighted by atomic mass is 35.5. The fourth-order valence-corrected chi connectivity index (χ4v) is 6.33. The molecule has 2 aromatic carbocycles. The van der Waals surface area contributed by atoms with Crippen molar-refractivity contribution in [3.05, 3.63) is 51.0 Å². The fraction of sp³-hybridized carbons (Fsp3) is 0.516. The number of sulfone groups is 1. The molecule has 236 valence electrons. The van der Waals surface area contributed by atoms with Crippen LogP contribution in [0, 0.1) is 0 Å². The first kappa shape index (κ1) is 35.2. The number of ether oxygens (including phenoxy) is 1. The molecule has 0 unspecified atom stereocenters. The zero-order valence-electron chi connectivity index (χ0n) is 24.8. The Hall–Kier alpha value is -2.33. The van der Waals surface area contributed by atoms with Gasteiger partial charge in [0.1, 0.15) is 11.5 Å². The molecule has 0 spiro atoms. The van der Waals surface area contributed by atoms with E-state index in [0.29, 0.717) is 6.61 Å². The fourth-order valence-electron chi connectivity index (χ4n) is 4.74. The Morgan fingerprint density at radius 2 is 1.44 bits per heavy atom. The van der Waals surface area contributed by atoms with Crippen LogP contribution in [-0.4, -0.2) is 39.0 Å². The van der Waals surface area contributed by atoms with Crippen molar-refractivity contribution < 1.29 is 22.7 Å². The number of esters is 1. The van der Waals surface area contributed by atoms with Crippen LogP contribution >= 0.6 is 34.8 Å². The van der Waals surface area contributed by atoms with Crippen LogP contribution in [0.2, 0.25) is 15.1 Å². The number of hydrogen-bond acceptors (Lipinski definition) is 6. The number of nitrogens with zero attached hydrogens (tertiary/aromatic N) is 2. The van der Waals surface area contributed by atoms with E-state index in [9.17, 15) is 18.0 Å². The SMILES string of the molecule is CCCCCCCCCCCCCCOC(=O)c1cc(Cl)c(N2NC(=Nc3ccc(S(C)(=O)=O)cc3Cl)CC2=O)c(Cl)c1. The van der Waals surface area contributed by atoms with Gasteiger partial charge in [-0.05, 0) is 36.8 Å². The van der Waals surface area contributed by atoms with Crippen molar-refractivity contribution in [2.24, 2.45) is 4.99 Å². The number of carbonyl (C=O) groups excluding carboxylic acids is 2. The minimum absolute atomic E-state index is 0.0600. The highest BCUT2D eigenvalue weighted by molar-refractivity contribution is 7.90. The predicted octanol–water partition coefficient (Wildman–Crippen LogP) is 8.88. The summed E-state index contributed by atoms with van der Waals surface area (Å²) in [7, 11) is -3.43. The Kier molecular flexibility index (Phi) is 14.1. The molecule has 12 heteroatoms. The van der Waals surface area contributed by atoms with Crippen molar-refractivity contribution in [1.82, 2.24) is 5.43 Å². The smallest absolute Gasteiger partial charge is 0.338 e. The quantitative estimate of drug-likeness (QED) is 0.133. The third-order valence-electron chi connectivity index (χ3n) is 7.12. The number of hydrazine groups is 1. The van der Waals surface area contributed by atoms with E-state index in [0.717, 1.165) is 30.5 Å². The lowest BCUT2D eigenvalue weighted by Gasteiger charge is -2.19. The Labute approximate surface area is 270 Å². The van der Waals surface area contributed by atoms with Crippen molar-refractivity contribution in [3.8, 4) is 0 Å². The van der Waals surface area contributed by atoms with Crippen molar-refractivity contribution in [2.45, 2.75) is 95.3 Å². The molecular formula is C31H40Cl3N3O5S. The first-order chi connectivity index (χ1) is 20.5. The second-order valence-corrected chi connectivity index (χ2v) is 14.0. The number of amides is 1. The number of halogens is 3. The average molecular weight is 673 g/mol. The van der Waals surface area contributed by atoms with E-state index in [1.165, 1.54) is 88.1 Å². The van der Waals surface area contributed by atoms with E-state index in [4.69, 9.17) is 39.5 Å². The Bertz CT molecular complexity index is 1390. The minimum atomic E-state index is -3.43. The monoisotopic (exact) mass is 671 g/mol. The van der Waals surface area contributed by atoms with Crippen molar-refractivity contribution >= 4 is 73.7 Å². The van der Waals surface area contributed by atoms with Gasteiger partial charge >= 0.3 is 5.97 Å². The number of anilines is 1. The minimum Gasteiger partial charge on any atom is -0.462 e. The lowest BCUT2D eigenvalue weighted by Crippen LogP contribution is -2.36. The number of amidine groups is 1. The molecule has 1 N–H and O–H groups in total. The second-order valence-electron chi connectivity index (χ2n) is 10.8. The van der Waals surface area contributed by atoms with Gasteiger partial charge in [0.15, 0.2) is 9.84 Å². The van der Waals surface area contributed by atoms with Gasteiger partial charge in [0, 0.05) is 6.26 Å². The first-order valence-electron chi connectivity index (χ1n) is 14.8. The highest BCUT2D eigenvalue weighted by Gasteiger charge is 2.31. The van der Waals surface area contributed by atoms with E-state index >= 15 is 0 Å². The summed E-state index contributed by atoms with van der Waals surface area (Å²) >= 11 is 19.1. The van der Waals surface area contributed by atoms with Crippen LogP contribution in [0.4, 0.5) is 11.4 Å². The molecule has 1 amide bonds. The summed E-state index contributed by atoms with van der Waals surface area (Å²) < 4.78 is 28.9. The number of unbranched alkanes of at least 4 members (excludes halogenated alkanes) is 11. The normalized spacial score (nSPS) is 14.4. The van der Waals surface area contributed by atoms with Crippen molar-refractivity contribution in [2.75, 3.05) is 17.9 Å². The van der Waals surface area contributed by atoms with Crippen LogP contribution in [0.5, 0.6) is 0 Å². The number of rotatable bonds is 17. The van der Waals surface area contributed by atoms with Gasteiger partial charge in [-0.1, -0.05) is 112 Å². The van der Waals surface area contributed by atoms with Gasteiger partial charge in [0.05, 0.1) is 44.2 Å². The molecule has 0 aliphatic carbocycles. The molecule has 0 bridgehead atoms. The molecule has 2 aromatic rings.